The number of rotatable bonds is 3. The number of carbonyl (C=O) groups is 1. The summed E-state index contributed by atoms with van der Waals surface area (Å²) in [5.41, 5.74) is 0.247. The van der Waals surface area contributed by atoms with Crippen LogP contribution in [-0.2, 0) is 20.9 Å². The van der Waals surface area contributed by atoms with Crippen LogP contribution in [0.25, 0.3) is 21.5 Å². The highest BCUT2D eigenvalue weighted by atomic mass is 16.6. The Morgan fingerprint density at radius 3 is 2.60 bits per heavy atom. The molecule has 1 fully saturated rings. The smallest absolute Gasteiger partial charge is 0.338 e. The molecule has 128 valence electrons. The van der Waals surface area contributed by atoms with Gasteiger partial charge in [0.25, 0.3) is 0 Å². The molecule has 4 rings (SSSR count). The lowest BCUT2D eigenvalue weighted by Gasteiger charge is -2.25. The molecule has 3 aromatic carbocycles. The first-order chi connectivity index (χ1) is 12.2. The van der Waals surface area contributed by atoms with Crippen molar-refractivity contribution in [1.29, 1.82) is 0 Å². The molecule has 1 aliphatic heterocycles. The minimum absolute atomic E-state index is 0.240. The van der Waals surface area contributed by atoms with Crippen molar-refractivity contribution in [2.75, 3.05) is 6.61 Å². The highest BCUT2D eigenvalue weighted by Crippen LogP contribution is 2.29. The van der Waals surface area contributed by atoms with E-state index in [1.54, 1.807) is 0 Å². The van der Waals surface area contributed by atoms with Crippen molar-refractivity contribution >= 4 is 27.5 Å². The van der Waals surface area contributed by atoms with Gasteiger partial charge in [0.2, 0.25) is 0 Å². The van der Waals surface area contributed by atoms with Gasteiger partial charge in [-0.3, -0.25) is 0 Å². The Morgan fingerprint density at radius 1 is 1.00 bits per heavy atom. The summed E-state index contributed by atoms with van der Waals surface area (Å²) >= 11 is 0. The lowest BCUT2D eigenvalue weighted by Crippen LogP contribution is -2.38. The van der Waals surface area contributed by atoms with E-state index >= 15 is 0 Å². The molecule has 1 atom stereocenters. The van der Waals surface area contributed by atoms with Crippen molar-refractivity contribution < 1.29 is 14.3 Å². The average Bonchev–Trinajstić information content (AvgIpc) is 2.80. The molecule has 0 radical (unpaired) electrons. The molecular weight excluding hydrogens is 312 g/mol. The Bertz CT molecular complexity index is 931. The summed E-state index contributed by atoms with van der Waals surface area (Å²) < 4.78 is 11.4. The third-order valence-corrected chi connectivity index (χ3v) is 5.10. The second kappa shape index (κ2) is 6.49. The van der Waals surface area contributed by atoms with Gasteiger partial charge in [-0.1, -0.05) is 42.5 Å². The summed E-state index contributed by atoms with van der Waals surface area (Å²) in [6.45, 7) is 2.75. The van der Waals surface area contributed by atoms with Crippen LogP contribution < -0.4 is 0 Å². The first-order valence-corrected chi connectivity index (χ1v) is 8.87. The fourth-order valence-electron chi connectivity index (χ4n) is 3.51. The number of cyclic esters (lactones) is 1. The van der Waals surface area contributed by atoms with Crippen LogP contribution in [0.4, 0.5) is 0 Å². The number of hydrogen-bond acceptors (Lipinski definition) is 3. The minimum atomic E-state index is -0.852. The normalized spacial score (nSPS) is 21.2. The van der Waals surface area contributed by atoms with E-state index in [-0.39, 0.29) is 5.97 Å². The third-order valence-electron chi connectivity index (χ3n) is 5.10. The molecule has 0 saturated carbocycles. The van der Waals surface area contributed by atoms with Crippen molar-refractivity contribution in [1.82, 2.24) is 0 Å². The quantitative estimate of drug-likeness (QED) is 0.500. The molecule has 1 saturated heterocycles. The van der Waals surface area contributed by atoms with Crippen molar-refractivity contribution in [3.8, 4) is 0 Å². The van der Waals surface area contributed by atoms with Gasteiger partial charge in [0.1, 0.15) is 0 Å². The molecule has 0 amide bonds. The monoisotopic (exact) mass is 334 g/mol. The molecular formula is C22H22O3. The van der Waals surface area contributed by atoms with Gasteiger partial charge in [-0.05, 0) is 65.4 Å². The van der Waals surface area contributed by atoms with Crippen LogP contribution in [0.5, 0.6) is 0 Å². The maximum Gasteiger partial charge on any atom is 0.338 e. The largest absolute Gasteiger partial charge is 0.464 e. The second-order valence-electron chi connectivity index (χ2n) is 6.95. The summed E-state index contributed by atoms with van der Waals surface area (Å²) in [6, 6.07) is 19.0. The number of ether oxygens (including phenoxy) is 2. The predicted octanol–water partition coefficient (Wildman–Crippen LogP) is 5.00. The number of hydrogen-bond donors (Lipinski definition) is 0. The molecule has 25 heavy (non-hydrogen) atoms. The van der Waals surface area contributed by atoms with E-state index in [2.05, 4.69) is 48.5 Å². The van der Waals surface area contributed by atoms with Crippen molar-refractivity contribution in [2.24, 2.45) is 0 Å². The van der Waals surface area contributed by atoms with Gasteiger partial charge < -0.3 is 9.47 Å². The third kappa shape index (κ3) is 3.12. The van der Waals surface area contributed by atoms with E-state index in [0.29, 0.717) is 19.6 Å². The van der Waals surface area contributed by atoms with Crippen LogP contribution in [0.3, 0.4) is 0 Å². The van der Waals surface area contributed by atoms with Crippen LogP contribution in [0, 0.1) is 0 Å². The number of esters is 1. The molecule has 3 aromatic rings. The highest BCUT2D eigenvalue weighted by molar-refractivity contribution is 5.99. The number of fused-ring (bicyclic) bond motifs is 2. The van der Waals surface area contributed by atoms with Gasteiger partial charge in [-0.25, -0.2) is 4.79 Å². The predicted molar refractivity (Wildman–Crippen MR) is 99.5 cm³/mol. The van der Waals surface area contributed by atoms with Gasteiger partial charge in [-0.2, -0.15) is 0 Å². The van der Waals surface area contributed by atoms with E-state index < -0.39 is 5.60 Å². The van der Waals surface area contributed by atoms with Crippen molar-refractivity contribution in [2.45, 2.75) is 38.4 Å². The summed E-state index contributed by atoms with van der Waals surface area (Å²) in [6.07, 6.45) is 2.56. The Labute approximate surface area is 147 Å². The number of carbonyl (C=O) groups excluding carboxylic acids is 1. The van der Waals surface area contributed by atoms with Crippen molar-refractivity contribution in [3.63, 3.8) is 0 Å². The maximum absolute atomic E-state index is 12.2. The maximum atomic E-state index is 12.2. The lowest BCUT2D eigenvalue weighted by molar-refractivity contribution is -0.170. The first kappa shape index (κ1) is 16.1. The van der Waals surface area contributed by atoms with E-state index in [9.17, 15) is 4.79 Å². The molecule has 0 aliphatic carbocycles. The Hall–Kier alpha value is -2.39. The van der Waals surface area contributed by atoms with E-state index in [4.69, 9.17) is 9.47 Å². The van der Waals surface area contributed by atoms with Gasteiger partial charge in [0.15, 0.2) is 5.60 Å². The van der Waals surface area contributed by atoms with E-state index in [0.717, 1.165) is 18.4 Å². The standard InChI is InChI=1S/C22H22O3/c1-22(11-4-5-12-24-21(22)23)25-15-19-10-6-9-18-13-16-7-2-3-8-17(16)14-20(18)19/h2-3,6-10,13-14H,4-5,11-12,15H2,1H3. The highest BCUT2D eigenvalue weighted by Gasteiger charge is 2.37. The molecule has 1 aliphatic rings. The summed E-state index contributed by atoms with van der Waals surface area (Å²) in [4.78, 5) is 12.2. The SMILES string of the molecule is CC1(OCc2cccc3cc4ccccc4cc23)CCCCOC1=O. The molecule has 0 aromatic heterocycles. The van der Waals surface area contributed by atoms with E-state index in [1.807, 2.05) is 13.0 Å². The molecule has 1 unspecified atom stereocenters. The molecule has 3 nitrogen and oxygen atoms in total. The van der Waals surface area contributed by atoms with E-state index in [1.165, 1.54) is 21.5 Å². The Balaban J connectivity index is 1.67. The zero-order valence-corrected chi connectivity index (χ0v) is 14.5. The number of benzene rings is 3. The molecule has 0 bridgehead atoms. The second-order valence-corrected chi connectivity index (χ2v) is 6.95. The van der Waals surface area contributed by atoms with Crippen LogP contribution in [0.15, 0.2) is 54.6 Å². The Kier molecular flexibility index (Phi) is 4.18. The zero-order valence-electron chi connectivity index (χ0n) is 14.5. The van der Waals surface area contributed by atoms with Crippen LogP contribution in [0.1, 0.15) is 31.7 Å². The van der Waals surface area contributed by atoms with Gasteiger partial charge in [0, 0.05) is 0 Å². The summed E-state index contributed by atoms with van der Waals surface area (Å²) in [5.74, 6) is -0.240. The van der Waals surface area contributed by atoms with Crippen LogP contribution in [-0.4, -0.2) is 18.2 Å². The molecule has 3 heteroatoms. The summed E-state index contributed by atoms with van der Waals surface area (Å²) in [7, 11) is 0. The van der Waals surface area contributed by atoms with Gasteiger partial charge in [0.05, 0.1) is 13.2 Å². The fraction of sp³-hybridized carbons (Fsp3) is 0.318. The zero-order chi connectivity index (χ0) is 17.3. The van der Waals surface area contributed by atoms with Gasteiger partial charge in [-0.15, -0.1) is 0 Å². The van der Waals surface area contributed by atoms with Crippen LogP contribution >= 0.6 is 0 Å². The minimum Gasteiger partial charge on any atom is -0.464 e. The lowest BCUT2D eigenvalue weighted by atomic mass is 9.98. The molecule has 0 N–H and O–H groups in total. The topological polar surface area (TPSA) is 35.5 Å². The van der Waals surface area contributed by atoms with Crippen molar-refractivity contribution in [3.05, 3.63) is 60.2 Å². The fourth-order valence-corrected chi connectivity index (χ4v) is 3.51. The Morgan fingerprint density at radius 2 is 1.76 bits per heavy atom. The van der Waals surface area contributed by atoms with Gasteiger partial charge >= 0.3 is 5.97 Å². The summed E-state index contributed by atoms with van der Waals surface area (Å²) in [5, 5.41) is 4.80. The van der Waals surface area contributed by atoms with Crippen LogP contribution in [0.2, 0.25) is 0 Å². The first-order valence-electron chi connectivity index (χ1n) is 8.87. The molecule has 0 spiro atoms. The average molecular weight is 334 g/mol. The molecule has 1 heterocycles.